The van der Waals surface area contributed by atoms with Gasteiger partial charge in [0.1, 0.15) is 11.1 Å². The van der Waals surface area contributed by atoms with Crippen LogP contribution in [0.2, 0.25) is 0 Å². The van der Waals surface area contributed by atoms with Crippen molar-refractivity contribution in [2.45, 2.75) is 12.8 Å². The lowest BCUT2D eigenvalue weighted by Crippen LogP contribution is -2.41. The standard InChI is InChI=1S/C17H20N4O3/c22-15(5-4-13-9-20-6-2-1-3-14(20)19-13)21-8-12-7-18-10-17(12,11-21)16(23)24/h1-3,6,9,12,18H,4-5,7-8,10-11H2,(H,23,24)/t12-,17-/m1/s1. The van der Waals surface area contributed by atoms with E-state index in [1.54, 1.807) is 4.90 Å². The first-order valence-electron chi connectivity index (χ1n) is 8.23. The summed E-state index contributed by atoms with van der Waals surface area (Å²) in [5.74, 6) is -0.774. The number of fused-ring (bicyclic) bond motifs is 2. The number of rotatable bonds is 4. The molecule has 2 saturated heterocycles. The number of aryl methyl sites for hydroxylation is 1. The molecule has 2 aliphatic heterocycles. The number of aromatic nitrogens is 2. The highest BCUT2D eigenvalue weighted by atomic mass is 16.4. The van der Waals surface area contributed by atoms with Crippen LogP contribution in [0.4, 0.5) is 0 Å². The number of carbonyl (C=O) groups excluding carboxylic acids is 1. The van der Waals surface area contributed by atoms with E-state index in [4.69, 9.17) is 0 Å². The van der Waals surface area contributed by atoms with E-state index in [0.29, 0.717) is 39.0 Å². The van der Waals surface area contributed by atoms with Crippen molar-refractivity contribution >= 4 is 17.5 Å². The van der Waals surface area contributed by atoms with Crippen molar-refractivity contribution in [2.75, 3.05) is 26.2 Å². The summed E-state index contributed by atoms with van der Waals surface area (Å²) >= 11 is 0. The Morgan fingerprint density at radius 1 is 1.42 bits per heavy atom. The number of nitrogens with zero attached hydrogens (tertiary/aromatic N) is 3. The van der Waals surface area contributed by atoms with Gasteiger partial charge in [0.2, 0.25) is 5.91 Å². The third kappa shape index (κ3) is 2.36. The number of carboxylic acids is 1. The van der Waals surface area contributed by atoms with Crippen molar-refractivity contribution in [2.24, 2.45) is 11.3 Å². The summed E-state index contributed by atoms with van der Waals surface area (Å²) in [6, 6.07) is 5.79. The van der Waals surface area contributed by atoms with Crippen LogP contribution in [-0.2, 0) is 16.0 Å². The lowest BCUT2D eigenvalue weighted by atomic mass is 9.81. The zero-order valence-corrected chi connectivity index (χ0v) is 13.3. The molecular weight excluding hydrogens is 308 g/mol. The Labute approximate surface area is 139 Å². The number of hydrogen-bond donors (Lipinski definition) is 2. The minimum atomic E-state index is -0.807. The van der Waals surface area contributed by atoms with Crippen molar-refractivity contribution in [3.63, 3.8) is 0 Å². The smallest absolute Gasteiger partial charge is 0.313 e. The normalized spacial score (nSPS) is 26.0. The quantitative estimate of drug-likeness (QED) is 0.848. The maximum absolute atomic E-state index is 12.5. The number of likely N-dealkylation sites (tertiary alicyclic amines) is 1. The van der Waals surface area contributed by atoms with Crippen LogP contribution in [0.1, 0.15) is 12.1 Å². The summed E-state index contributed by atoms with van der Waals surface area (Å²) in [4.78, 5) is 30.4. The highest BCUT2D eigenvalue weighted by Gasteiger charge is 2.55. The molecule has 0 aromatic carbocycles. The molecule has 0 aliphatic carbocycles. The second-order valence-electron chi connectivity index (χ2n) is 6.76. The monoisotopic (exact) mass is 328 g/mol. The number of hydrogen-bond acceptors (Lipinski definition) is 4. The summed E-state index contributed by atoms with van der Waals surface area (Å²) in [5, 5.41) is 12.7. The summed E-state index contributed by atoms with van der Waals surface area (Å²) in [5.41, 5.74) is 0.939. The fraction of sp³-hybridized carbons (Fsp3) is 0.471. The number of nitrogens with one attached hydrogen (secondary N) is 1. The molecule has 7 heteroatoms. The molecule has 0 unspecified atom stereocenters. The largest absolute Gasteiger partial charge is 0.481 e. The lowest BCUT2D eigenvalue weighted by molar-refractivity contribution is -0.148. The van der Waals surface area contributed by atoms with Crippen molar-refractivity contribution in [3.05, 3.63) is 36.3 Å². The van der Waals surface area contributed by atoms with E-state index in [2.05, 4.69) is 10.3 Å². The summed E-state index contributed by atoms with van der Waals surface area (Å²) < 4.78 is 1.94. The first kappa shape index (κ1) is 15.1. The van der Waals surface area contributed by atoms with Gasteiger partial charge in [0, 0.05) is 50.9 Å². The van der Waals surface area contributed by atoms with E-state index in [9.17, 15) is 14.7 Å². The van der Waals surface area contributed by atoms with Crippen LogP contribution in [0.3, 0.4) is 0 Å². The Kier molecular flexibility index (Phi) is 3.53. The average Bonchev–Trinajstić information content (AvgIpc) is 3.23. The number of carboxylic acid groups (broad SMARTS) is 1. The molecule has 4 heterocycles. The molecular formula is C17H20N4O3. The molecule has 126 valence electrons. The molecule has 2 aliphatic rings. The molecule has 1 amide bonds. The van der Waals surface area contributed by atoms with Gasteiger partial charge in [0.05, 0.1) is 5.69 Å². The lowest BCUT2D eigenvalue weighted by Gasteiger charge is -2.22. The number of imidazole rings is 1. The molecule has 2 aromatic heterocycles. The Morgan fingerprint density at radius 3 is 3.04 bits per heavy atom. The second kappa shape index (κ2) is 5.59. The zero-order valence-electron chi connectivity index (χ0n) is 13.3. The number of carbonyl (C=O) groups is 2. The minimum Gasteiger partial charge on any atom is -0.481 e. The summed E-state index contributed by atoms with van der Waals surface area (Å²) in [7, 11) is 0. The fourth-order valence-electron chi connectivity index (χ4n) is 3.91. The maximum Gasteiger partial charge on any atom is 0.313 e. The van der Waals surface area contributed by atoms with Crippen molar-refractivity contribution in [3.8, 4) is 0 Å². The second-order valence-corrected chi connectivity index (χ2v) is 6.76. The first-order chi connectivity index (χ1) is 11.6. The molecule has 7 nitrogen and oxygen atoms in total. The maximum atomic E-state index is 12.5. The number of pyridine rings is 1. The van der Waals surface area contributed by atoms with Gasteiger partial charge >= 0.3 is 5.97 Å². The van der Waals surface area contributed by atoms with Gasteiger partial charge in [0.15, 0.2) is 0 Å². The molecule has 2 aromatic rings. The van der Waals surface area contributed by atoms with Crippen molar-refractivity contribution in [1.29, 1.82) is 0 Å². The van der Waals surface area contributed by atoms with E-state index in [0.717, 1.165) is 11.3 Å². The van der Waals surface area contributed by atoms with Crippen LogP contribution in [-0.4, -0.2) is 57.4 Å². The predicted octanol–water partition coefficient (Wildman–Crippen LogP) is 0.399. The minimum absolute atomic E-state index is 0.00847. The molecule has 0 radical (unpaired) electrons. The Balaban J connectivity index is 1.41. The van der Waals surface area contributed by atoms with Gasteiger partial charge in [0.25, 0.3) is 0 Å². The van der Waals surface area contributed by atoms with Crippen molar-refractivity contribution in [1.82, 2.24) is 19.6 Å². The van der Waals surface area contributed by atoms with E-state index < -0.39 is 11.4 Å². The molecule has 2 atom stereocenters. The van der Waals surface area contributed by atoms with E-state index in [-0.39, 0.29) is 11.8 Å². The Hall–Kier alpha value is -2.41. The number of amides is 1. The molecule has 0 saturated carbocycles. The van der Waals surface area contributed by atoms with Gasteiger partial charge in [-0.25, -0.2) is 4.98 Å². The van der Waals surface area contributed by atoms with Gasteiger partial charge < -0.3 is 19.7 Å². The topological polar surface area (TPSA) is 86.9 Å². The third-order valence-electron chi connectivity index (χ3n) is 5.31. The zero-order chi connectivity index (χ0) is 16.7. The number of aliphatic carboxylic acids is 1. The molecule has 0 bridgehead atoms. The average molecular weight is 328 g/mol. The molecule has 2 fully saturated rings. The van der Waals surface area contributed by atoms with E-state index in [1.165, 1.54) is 0 Å². The van der Waals surface area contributed by atoms with Crippen molar-refractivity contribution < 1.29 is 14.7 Å². The van der Waals surface area contributed by atoms with Gasteiger partial charge in [-0.1, -0.05) is 6.07 Å². The van der Waals surface area contributed by atoms with Gasteiger partial charge in [-0.05, 0) is 18.6 Å². The van der Waals surface area contributed by atoms with Crippen LogP contribution in [0.25, 0.3) is 5.65 Å². The van der Waals surface area contributed by atoms with Crippen LogP contribution in [0.5, 0.6) is 0 Å². The summed E-state index contributed by atoms with van der Waals surface area (Å²) in [6.07, 6.45) is 4.79. The van der Waals surface area contributed by atoms with E-state index in [1.807, 2.05) is 35.0 Å². The molecule has 24 heavy (non-hydrogen) atoms. The molecule has 2 N–H and O–H groups in total. The first-order valence-corrected chi connectivity index (χ1v) is 8.23. The van der Waals surface area contributed by atoms with E-state index >= 15 is 0 Å². The third-order valence-corrected chi connectivity index (χ3v) is 5.31. The SMILES string of the molecule is O=C(CCc1cn2ccccc2n1)N1C[C@H]2CNC[C@@]2(C(=O)O)C1. The predicted molar refractivity (Wildman–Crippen MR) is 86.5 cm³/mol. The van der Waals surface area contributed by atoms with Gasteiger partial charge in [-0.2, -0.15) is 0 Å². The molecule has 4 rings (SSSR count). The van der Waals surface area contributed by atoms with Crippen LogP contribution >= 0.6 is 0 Å². The Bertz CT molecular complexity index is 769. The summed E-state index contributed by atoms with van der Waals surface area (Å²) in [6.45, 7) is 1.96. The van der Waals surface area contributed by atoms with Crippen LogP contribution in [0.15, 0.2) is 30.6 Å². The molecule has 0 spiro atoms. The van der Waals surface area contributed by atoms with Gasteiger partial charge in [-0.15, -0.1) is 0 Å². The fourth-order valence-corrected chi connectivity index (χ4v) is 3.91. The highest BCUT2D eigenvalue weighted by molar-refractivity contribution is 5.81. The van der Waals surface area contributed by atoms with Crippen LogP contribution in [0, 0.1) is 11.3 Å². The Morgan fingerprint density at radius 2 is 2.29 bits per heavy atom. The highest BCUT2D eigenvalue weighted by Crippen LogP contribution is 2.39. The van der Waals surface area contributed by atoms with Gasteiger partial charge in [-0.3, -0.25) is 9.59 Å². The van der Waals surface area contributed by atoms with Crippen LogP contribution < -0.4 is 5.32 Å².